The maximum Gasteiger partial charge on any atom is 0.200 e. The van der Waals surface area contributed by atoms with E-state index in [1.54, 1.807) is 12.1 Å². The van der Waals surface area contributed by atoms with Gasteiger partial charge in [-0.25, -0.2) is 4.39 Å². The van der Waals surface area contributed by atoms with E-state index in [0.717, 1.165) is 25.7 Å². The highest BCUT2D eigenvalue weighted by Gasteiger charge is 2.25. The van der Waals surface area contributed by atoms with Gasteiger partial charge in [0.25, 0.3) is 0 Å². The number of halogens is 2. The van der Waals surface area contributed by atoms with Gasteiger partial charge in [-0.3, -0.25) is 0 Å². The molecule has 2 saturated carbocycles. The molecule has 98 valence electrons. The summed E-state index contributed by atoms with van der Waals surface area (Å²) >= 11 is 0. The molecule has 0 bridgehead atoms. The van der Waals surface area contributed by atoms with Gasteiger partial charge in [-0.05, 0) is 55.6 Å². The summed E-state index contributed by atoms with van der Waals surface area (Å²) in [4.78, 5) is 0. The van der Waals surface area contributed by atoms with Gasteiger partial charge in [0.1, 0.15) is 0 Å². The number of benzene rings is 1. The zero-order valence-corrected chi connectivity index (χ0v) is 10.4. The number of ether oxygens (including phenoxy) is 1. The van der Waals surface area contributed by atoms with Gasteiger partial charge in [0.15, 0.2) is 11.6 Å². The van der Waals surface area contributed by atoms with E-state index < -0.39 is 11.6 Å². The third kappa shape index (κ3) is 2.50. The van der Waals surface area contributed by atoms with Crippen LogP contribution in [0.1, 0.15) is 37.7 Å². The van der Waals surface area contributed by atoms with Crippen LogP contribution in [-0.4, -0.2) is 6.61 Å². The van der Waals surface area contributed by atoms with E-state index in [1.165, 1.54) is 6.42 Å². The predicted molar refractivity (Wildman–Crippen MR) is 65.6 cm³/mol. The second kappa shape index (κ2) is 4.87. The molecule has 1 nitrogen and oxygen atoms in total. The van der Waals surface area contributed by atoms with Crippen molar-refractivity contribution in [2.45, 2.75) is 38.5 Å². The molecule has 0 aromatic heterocycles. The van der Waals surface area contributed by atoms with Crippen LogP contribution in [0.2, 0.25) is 0 Å². The summed E-state index contributed by atoms with van der Waals surface area (Å²) in [6.07, 6.45) is 6.45. The molecule has 3 heteroatoms. The maximum absolute atomic E-state index is 13.8. The number of hydrogen-bond acceptors (Lipinski definition) is 1. The molecule has 2 aliphatic rings. The fourth-order valence-corrected chi connectivity index (χ4v) is 2.34. The summed E-state index contributed by atoms with van der Waals surface area (Å²) < 4.78 is 33.0. The first-order valence-corrected chi connectivity index (χ1v) is 6.83. The van der Waals surface area contributed by atoms with Crippen molar-refractivity contribution in [2.24, 2.45) is 11.8 Å². The molecule has 2 aliphatic carbocycles. The van der Waals surface area contributed by atoms with Crippen molar-refractivity contribution in [1.29, 1.82) is 0 Å². The Morgan fingerprint density at radius 1 is 1.00 bits per heavy atom. The van der Waals surface area contributed by atoms with Gasteiger partial charge in [0.05, 0.1) is 6.61 Å². The van der Waals surface area contributed by atoms with E-state index in [2.05, 4.69) is 0 Å². The lowest BCUT2D eigenvalue weighted by Gasteiger charge is -2.25. The summed E-state index contributed by atoms with van der Waals surface area (Å²) in [5, 5.41) is 0. The quantitative estimate of drug-likeness (QED) is 0.766. The highest BCUT2D eigenvalue weighted by atomic mass is 19.2. The summed E-state index contributed by atoms with van der Waals surface area (Å²) in [7, 11) is 0. The lowest BCUT2D eigenvalue weighted by Crippen LogP contribution is -2.19. The van der Waals surface area contributed by atoms with Gasteiger partial charge in [0.2, 0.25) is 5.82 Å². The van der Waals surface area contributed by atoms with Crippen LogP contribution in [0.15, 0.2) is 12.1 Å². The molecule has 0 radical (unpaired) electrons. The third-order valence-corrected chi connectivity index (χ3v) is 4.03. The van der Waals surface area contributed by atoms with Crippen LogP contribution in [0.5, 0.6) is 5.75 Å². The Morgan fingerprint density at radius 2 is 1.78 bits per heavy atom. The lowest BCUT2D eigenvalue weighted by molar-refractivity contribution is 0.174. The Hall–Kier alpha value is -1.12. The highest BCUT2D eigenvalue weighted by Crippen LogP contribution is 2.35. The summed E-state index contributed by atoms with van der Waals surface area (Å²) in [6, 6.07) is 3.25. The molecular weight excluding hydrogens is 234 g/mol. The zero-order valence-electron chi connectivity index (χ0n) is 10.4. The average molecular weight is 252 g/mol. The van der Waals surface area contributed by atoms with Crippen molar-refractivity contribution in [3.63, 3.8) is 0 Å². The van der Waals surface area contributed by atoms with Gasteiger partial charge in [-0.15, -0.1) is 0 Å². The lowest BCUT2D eigenvalue weighted by atomic mass is 9.86. The van der Waals surface area contributed by atoms with E-state index in [9.17, 15) is 8.78 Å². The highest BCUT2D eigenvalue weighted by molar-refractivity contribution is 5.31. The first kappa shape index (κ1) is 11.9. The van der Waals surface area contributed by atoms with Crippen LogP contribution in [0.25, 0.3) is 0 Å². The predicted octanol–water partition coefficient (Wildman–Crippen LogP) is 4.10. The second-order valence-corrected chi connectivity index (χ2v) is 5.61. The molecular formula is C15H18F2O. The normalized spacial score (nSPS) is 19.7. The van der Waals surface area contributed by atoms with Crippen molar-refractivity contribution in [3.05, 3.63) is 29.3 Å². The van der Waals surface area contributed by atoms with Crippen LogP contribution < -0.4 is 4.74 Å². The van der Waals surface area contributed by atoms with Gasteiger partial charge in [-0.2, -0.15) is 4.39 Å². The topological polar surface area (TPSA) is 9.23 Å². The summed E-state index contributed by atoms with van der Waals surface area (Å²) in [5.74, 6) is -0.376. The molecule has 0 heterocycles. The van der Waals surface area contributed by atoms with Gasteiger partial charge in [-0.1, -0.05) is 12.5 Å². The molecule has 2 fully saturated rings. The molecule has 0 aliphatic heterocycles. The molecule has 3 rings (SSSR count). The molecule has 0 saturated heterocycles. The fourth-order valence-electron chi connectivity index (χ4n) is 2.34. The molecule has 18 heavy (non-hydrogen) atoms. The number of rotatable bonds is 5. The summed E-state index contributed by atoms with van der Waals surface area (Å²) in [5.41, 5.74) is 0.492. The van der Waals surface area contributed by atoms with E-state index in [1.807, 2.05) is 0 Å². The zero-order chi connectivity index (χ0) is 12.5. The van der Waals surface area contributed by atoms with Crippen molar-refractivity contribution in [3.8, 4) is 5.75 Å². The Kier molecular flexibility index (Phi) is 3.23. The summed E-state index contributed by atoms with van der Waals surface area (Å²) in [6.45, 7) is 0.512. The van der Waals surface area contributed by atoms with E-state index in [0.29, 0.717) is 30.4 Å². The Bertz CT molecular complexity index is 436. The molecule has 1 aromatic rings. The minimum absolute atomic E-state index is 0.0685. The van der Waals surface area contributed by atoms with Crippen LogP contribution >= 0.6 is 0 Å². The van der Waals surface area contributed by atoms with Gasteiger partial charge >= 0.3 is 0 Å². The standard InChI is InChI=1S/C15H18F2O/c16-14-12(8-10-4-5-10)6-7-13(15(14)17)18-9-11-2-1-3-11/h6-7,10-11H,1-5,8-9H2. The minimum atomic E-state index is -0.813. The van der Waals surface area contributed by atoms with E-state index in [4.69, 9.17) is 4.74 Å². The first-order chi connectivity index (χ1) is 8.74. The van der Waals surface area contributed by atoms with Crippen LogP contribution in [0.4, 0.5) is 8.78 Å². The molecule has 1 aromatic carbocycles. The smallest absolute Gasteiger partial charge is 0.200 e. The third-order valence-electron chi connectivity index (χ3n) is 4.03. The molecule has 0 amide bonds. The van der Waals surface area contributed by atoms with Gasteiger partial charge in [0, 0.05) is 0 Å². The average Bonchev–Trinajstić information content (AvgIpc) is 3.10. The molecule has 0 N–H and O–H groups in total. The Morgan fingerprint density at radius 3 is 2.39 bits per heavy atom. The first-order valence-electron chi connectivity index (χ1n) is 6.83. The van der Waals surface area contributed by atoms with Crippen LogP contribution in [0.3, 0.4) is 0 Å². The monoisotopic (exact) mass is 252 g/mol. The number of hydrogen-bond donors (Lipinski definition) is 0. The van der Waals surface area contributed by atoms with Crippen molar-refractivity contribution >= 4 is 0 Å². The Balaban J connectivity index is 1.67. The van der Waals surface area contributed by atoms with Crippen molar-refractivity contribution < 1.29 is 13.5 Å². The molecule has 0 spiro atoms. The maximum atomic E-state index is 13.8. The van der Waals surface area contributed by atoms with E-state index in [-0.39, 0.29) is 5.75 Å². The Labute approximate surface area is 106 Å². The van der Waals surface area contributed by atoms with Gasteiger partial charge < -0.3 is 4.74 Å². The second-order valence-electron chi connectivity index (χ2n) is 5.61. The van der Waals surface area contributed by atoms with Crippen LogP contribution in [0, 0.1) is 23.5 Å². The van der Waals surface area contributed by atoms with E-state index >= 15 is 0 Å². The molecule has 0 atom stereocenters. The largest absolute Gasteiger partial charge is 0.490 e. The van der Waals surface area contributed by atoms with Crippen molar-refractivity contribution in [1.82, 2.24) is 0 Å². The fraction of sp³-hybridized carbons (Fsp3) is 0.600. The van der Waals surface area contributed by atoms with Crippen LogP contribution in [-0.2, 0) is 6.42 Å². The SMILES string of the molecule is Fc1c(CC2CC2)ccc(OCC2CCC2)c1F. The van der Waals surface area contributed by atoms with Crippen molar-refractivity contribution in [2.75, 3.05) is 6.61 Å². The minimum Gasteiger partial charge on any atom is -0.490 e. The molecule has 0 unspecified atom stereocenters.